The lowest BCUT2D eigenvalue weighted by Crippen LogP contribution is -2.44. The number of hydrogen-bond donors (Lipinski definition) is 1. The van der Waals surface area contributed by atoms with Crippen LogP contribution in [0.25, 0.3) is 0 Å². The summed E-state index contributed by atoms with van der Waals surface area (Å²) in [7, 11) is 3.28. The van der Waals surface area contributed by atoms with Crippen LogP contribution in [0.15, 0.2) is 42.5 Å². The van der Waals surface area contributed by atoms with Gasteiger partial charge in [0.1, 0.15) is 11.6 Å². The minimum atomic E-state index is -0.605. The van der Waals surface area contributed by atoms with Crippen LogP contribution in [0.5, 0.6) is 5.75 Å². The molecule has 1 aliphatic rings. The van der Waals surface area contributed by atoms with Crippen molar-refractivity contribution in [1.82, 2.24) is 10.2 Å². The first-order valence-corrected chi connectivity index (χ1v) is 10.8. The van der Waals surface area contributed by atoms with Gasteiger partial charge in [-0.2, -0.15) is 0 Å². The SMILES string of the molecule is CCc1ccc(CN(C)C(=O)CC[C@@]2(Cc3ccc(OC)cc3F)CCC(=O)N2)cc1. The van der Waals surface area contributed by atoms with Crippen LogP contribution in [0, 0.1) is 5.82 Å². The number of aryl methyl sites for hydroxylation is 1. The van der Waals surface area contributed by atoms with Gasteiger partial charge in [0.25, 0.3) is 0 Å². The molecule has 5 nitrogen and oxygen atoms in total. The molecule has 0 spiro atoms. The highest BCUT2D eigenvalue weighted by molar-refractivity contribution is 5.80. The van der Waals surface area contributed by atoms with Gasteiger partial charge in [0.15, 0.2) is 0 Å². The molecule has 31 heavy (non-hydrogen) atoms. The van der Waals surface area contributed by atoms with Crippen molar-refractivity contribution in [3.63, 3.8) is 0 Å². The van der Waals surface area contributed by atoms with Gasteiger partial charge in [-0.05, 0) is 48.4 Å². The fraction of sp³-hybridized carbons (Fsp3) is 0.440. The van der Waals surface area contributed by atoms with E-state index in [1.54, 1.807) is 24.1 Å². The van der Waals surface area contributed by atoms with Crippen LogP contribution < -0.4 is 10.1 Å². The minimum absolute atomic E-state index is 0.00953. The van der Waals surface area contributed by atoms with E-state index >= 15 is 0 Å². The van der Waals surface area contributed by atoms with Gasteiger partial charge in [-0.15, -0.1) is 0 Å². The smallest absolute Gasteiger partial charge is 0.222 e. The number of hydrogen-bond acceptors (Lipinski definition) is 3. The molecule has 0 bridgehead atoms. The molecule has 0 aromatic heterocycles. The van der Waals surface area contributed by atoms with Crippen LogP contribution in [0.2, 0.25) is 0 Å². The van der Waals surface area contributed by atoms with E-state index in [0.29, 0.717) is 50.0 Å². The van der Waals surface area contributed by atoms with Crippen molar-refractivity contribution >= 4 is 11.8 Å². The number of carbonyl (C=O) groups excluding carboxylic acids is 2. The molecule has 0 saturated carbocycles. The molecule has 2 aromatic carbocycles. The first kappa shape index (κ1) is 22.8. The van der Waals surface area contributed by atoms with E-state index in [9.17, 15) is 14.0 Å². The molecule has 3 rings (SSSR count). The number of amides is 2. The molecular weight excluding hydrogens is 395 g/mol. The maximum Gasteiger partial charge on any atom is 0.222 e. The zero-order chi connectivity index (χ0) is 22.4. The number of rotatable bonds is 9. The highest BCUT2D eigenvalue weighted by atomic mass is 19.1. The third kappa shape index (κ3) is 5.84. The lowest BCUT2D eigenvalue weighted by Gasteiger charge is -2.30. The summed E-state index contributed by atoms with van der Waals surface area (Å²) in [4.78, 5) is 26.5. The number of methoxy groups -OCH3 is 1. The summed E-state index contributed by atoms with van der Waals surface area (Å²) in [6, 6.07) is 13.0. The second kappa shape index (κ2) is 9.94. The Balaban J connectivity index is 1.64. The van der Waals surface area contributed by atoms with Crippen molar-refractivity contribution in [2.24, 2.45) is 0 Å². The Morgan fingerprint density at radius 3 is 2.48 bits per heavy atom. The predicted octanol–water partition coefficient (Wildman–Crippen LogP) is 4.03. The second-order valence-electron chi connectivity index (χ2n) is 8.38. The number of nitrogens with zero attached hydrogens (tertiary/aromatic N) is 1. The van der Waals surface area contributed by atoms with Gasteiger partial charge in [0.2, 0.25) is 11.8 Å². The molecule has 2 amide bonds. The third-order valence-corrected chi connectivity index (χ3v) is 6.12. The van der Waals surface area contributed by atoms with Gasteiger partial charge in [-0.25, -0.2) is 4.39 Å². The highest BCUT2D eigenvalue weighted by Gasteiger charge is 2.38. The van der Waals surface area contributed by atoms with E-state index in [2.05, 4.69) is 24.4 Å². The quantitative estimate of drug-likeness (QED) is 0.659. The Morgan fingerprint density at radius 1 is 1.19 bits per heavy atom. The van der Waals surface area contributed by atoms with E-state index in [4.69, 9.17) is 4.74 Å². The van der Waals surface area contributed by atoms with Crippen LogP contribution in [0.4, 0.5) is 4.39 Å². The molecule has 0 aliphatic carbocycles. The number of ether oxygens (including phenoxy) is 1. The van der Waals surface area contributed by atoms with Crippen LogP contribution in [-0.4, -0.2) is 36.4 Å². The average Bonchev–Trinajstić information content (AvgIpc) is 3.14. The van der Waals surface area contributed by atoms with Gasteiger partial charge < -0.3 is 15.0 Å². The Kier molecular flexibility index (Phi) is 7.31. The first-order chi connectivity index (χ1) is 14.8. The number of benzene rings is 2. The Morgan fingerprint density at radius 2 is 1.90 bits per heavy atom. The zero-order valence-electron chi connectivity index (χ0n) is 18.5. The van der Waals surface area contributed by atoms with E-state index in [1.165, 1.54) is 18.7 Å². The lowest BCUT2D eigenvalue weighted by molar-refractivity contribution is -0.131. The van der Waals surface area contributed by atoms with Crippen molar-refractivity contribution in [2.75, 3.05) is 14.2 Å². The fourth-order valence-electron chi connectivity index (χ4n) is 4.12. The van der Waals surface area contributed by atoms with Crippen LogP contribution in [-0.2, 0) is 29.0 Å². The molecule has 1 heterocycles. The summed E-state index contributed by atoms with van der Waals surface area (Å²) in [5.41, 5.74) is 2.26. The minimum Gasteiger partial charge on any atom is -0.497 e. The summed E-state index contributed by atoms with van der Waals surface area (Å²) in [5, 5.41) is 3.02. The summed E-state index contributed by atoms with van der Waals surface area (Å²) in [6.07, 6.45) is 3.09. The van der Waals surface area contributed by atoms with Crippen molar-refractivity contribution in [2.45, 2.75) is 57.5 Å². The van der Waals surface area contributed by atoms with E-state index in [0.717, 1.165) is 12.0 Å². The summed E-state index contributed by atoms with van der Waals surface area (Å²) < 4.78 is 19.6. The Bertz CT molecular complexity index is 929. The maximum absolute atomic E-state index is 14.5. The molecule has 1 N–H and O–H groups in total. The van der Waals surface area contributed by atoms with Gasteiger partial charge >= 0.3 is 0 Å². The zero-order valence-corrected chi connectivity index (χ0v) is 18.5. The van der Waals surface area contributed by atoms with E-state index < -0.39 is 5.54 Å². The molecule has 1 aliphatic heterocycles. The van der Waals surface area contributed by atoms with Crippen molar-refractivity contribution in [3.05, 3.63) is 65.0 Å². The molecule has 166 valence electrons. The predicted molar refractivity (Wildman–Crippen MR) is 118 cm³/mol. The second-order valence-corrected chi connectivity index (χ2v) is 8.38. The van der Waals surface area contributed by atoms with Crippen molar-refractivity contribution in [1.29, 1.82) is 0 Å². The fourth-order valence-corrected chi connectivity index (χ4v) is 4.12. The number of halogens is 1. The summed E-state index contributed by atoms with van der Waals surface area (Å²) >= 11 is 0. The van der Waals surface area contributed by atoms with Crippen molar-refractivity contribution < 1.29 is 18.7 Å². The Hall–Kier alpha value is -2.89. The largest absolute Gasteiger partial charge is 0.497 e. The van der Waals surface area contributed by atoms with Gasteiger partial charge in [-0.1, -0.05) is 37.3 Å². The third-order valence-electron chi connectivity index (χ3n) is 6.12. The first-order valence-electron chi connectivity index (χ1n) is 10.8. The monoisotopic (exact) mass is 426 g/mol. The molecule has 6 heteroatoms. The van der Waals surface area contributed by atoms with Crippen molar-refractivity contribution in [3.8, 4) is 5.75 Å². The molecule has 1 saturated heterocycles. The maximum atomic E-state index is 14.5. The molecule has 1 atom stereocenters. The molecule has 0 unspecified atom stereocenters. The molecule has 2 aromatic rings. The standard InChI is InChI=1S/C25H31FN2O3/c1-4-18-5-7-19(8-6-18)17-28(2)24(30)12-14-25(13-11-23(29)27-25)16-20-9-10-21(31-3)15-22(20)26/h5-10,15H,4,11-14,16-17H2,1-3H3,(H,27,29)/t25-/m1/s1. The van der Waals surface area contributed by atoms with E-state index in [-0.39, 0.29) is 17.6 Å². The highest BCUT2D eigenvalue weighted by Crippen LogP contribution is 2.31. The molecule has 1 fully saturated rings. The lowest BCUT2D eigenvalue weighted by atomic mass is 9.84. The van der Waals surface area contributed by atoms with Gasteiger partial charge in [-0.3, -0.25) is 9.59 Å². The number of nitrogens with one attached hydrogen (secondary N) is 1. The molecule has 0 radical (unpaired) electrons. The molecular formula is C25H31FN2O3. The Labute approximate surface area is 183 Å². The van der Waals surface area contributed by atoms with Crippen LogP contribution in [0.3, 0.4) is 0 Å². The average molecular weight is 427 g/mol. The van der Waals surface area contributed by atoms with Crippen LogP contribution >= 0.6 is 0 Å². The number of carbonyl (C=O) groups is 2. The van der Waals surface area contributed by atoms with E-state index in [1.807, 2.05) is 12.1 Å². The summed E-state index contributed by atoms with van der Waals surface area (Å²) in [6.45, 7) is 2.65. The normalized spacial score (nSPS) is 18.0. The topological polar surface area (TPSA) is 58.6 Å². The van der Waals surface area contributed by atoms with Gasteiger partial charge in [0, 0.05) is 38.0 Å². The summed E-state index contributed by atoms with van der Waals surface area (Å²) in [5.74, 6) is 0.0504. The van der Waals surface area contributed by atoms with Gasteiger partial charge in [0.05, 0.1) is 7.11 Å². The van der Waals surface area contributed by atoms with Crippen LogP contribution in [0.1, 0.15) is 49.3 Å².